The number of amides is 1. The van der Waals surface area contributed by atoms with Crippen molar-refractivity contribution >= 4 is 44.9 Å². The molecule has 0 radical (unpaired) electrons. The van der Waals surface area contributed by atoms with Crippen LogP contribution in [-0.4, -0.2) is 24.2 Å². The van der Waals surface area contributed by atoms with Gasteiger partial charge in [0.2, 0.25) is 0 Å². The lowest BCUT2D eigenvalue weighted by atomic mass is 10.1. The molecule has 2 rings (SSSR count). The average molecular weight is 477 g/mol. The highest BCUT2D eigenvalue weighted by molar-refractivity contribution is 9.10. The van der Waals surface area contributed by atoms with Crippen LogP contribution in [0.4, 0.5) is 5.69 Å². The fourth-order valence-corrected chi connectivity index (χ4v) is 3.02. The Bertz CT molecular complexity index is 871. The minimum Gasteiger partial charge on any atom is -0.492 e. The van der Waals surface area contributed by atoms with E-state index >= 15 is 0 Å². The van der Waals surface area contributed by atoms with Crippen molar-refractivity contribution in [1.29, 1.82) is 0 Å². The van der Waals surface area contributed by atoms with Crippen LogP contribution < -0.4 is 20.1 Å². The van der Waals surface area contributed by atoms with E-state index in [0.717, 1.165) is 10.9 Å². The van der Waals surface area contributed by atoms with Gasteiger partial charge in [0.15, 0.2) is 5.11 Å². The number of carbonyl (C=O) groups is 1. The molecule has 0 unspecified atom stereocenters. The molecule has 0 aliphatic carbocycles. The molecule has 0 saturated heterocycles. The Morgan fingerprint density at radius 2 is 2.03 bits per heavy atom. The molecule has 2 aromatic carbocycles. The first kappa shape index (κ1) is 22.9. The van der Waals surface area contributed by atoms with E-state index in [1.807, 2.05) is 18.2 Å². The van der Waals surface area contributed by atoms with Gasteiger partial charge < -0.3 is 14.8 Å². The third-order valence-electron chi connectivity index (χ3n) is 3.83. The summed E-state index contributed by atoms with van der Waals surface area (Å²) in [5, 5.41) is 5.85. The van der Waals surface area contributed by atoms with Crippen LogP contribution in [0, 0.1) is 5.92 Å². The maximum atomic E-state index is 12.5. The smallest absolute Gasteiger partial charge is 0.257 e. The predicted molar refractivity (Wildman–Crippen MR) is 125 cm³/mol. The molecule has 154 valence electrons. The van der Waals surface area contributed by atoms with Gasteiger partial charge in [0.25, 0.3) is 5.91 Å². The minimum atomic E-state index is -0.309. The SMILES string of the molecule is C=CCOc1cccc(NC(=S)NC(=O)c2ccc(OCCC(C)C)c(Br)c2)c1. The second-order valence-corrected chi connectivity index (χ2v) is 7.97. The highest BCUT2D eigenvalue weighted by atomic mass is 79.9. The van der Waals surface area contributed by atoms with E-state index in [4.69, 9.17) is 21.7 Å². The highest BCUT2D eigenvalue weighted by Crippen LogP contribution is 2.26. The lowest BCUT2D eigenvalue weighted by molar-refractivity contribution is 0.0977. The molecule has 0 bridgehead atoms. The van der Waals surface area contributed by atoms with Crippen LogP contribution >= 0.6 is 28.1 Å². The molecule has 0 aliphatic rings. The molecule has 0 saturated carbocycles. The van der Waals surface area contributed by atoms with Crippen molar-refractivity contribution in [2.75, 3.05) is 18.5 Å². The monoisotopic (exact) mass is 476 g/mol. The van der Waals surface area contributed by atoms with Crippen LogP contribution in [0.2, 0.25) is 0 Å². The van der Waals surface area contributed by atoms with Gasteiger partial charge in [-0.15, -0.1) is 0 Å². The van der Waals surface area contributed by atoms with Crippen LogP contribution in [0.1, 0.15) is 30.6 Å². The molecule has 29 heavy (non-hydrogen) atoms. The largest absolute Gasteiger partial charge is 0.492 e. The summed E-state index contributed by atoms with van der Waals surface area (Å²) in [4.78, 5) is 12.5. The van der Waals surface area contributed by atoms with Gasteiger partial charge >= 0.3 is 0 Å². The van der Waals surface area contributed by atoms with Crippen molar-refractivity contribution in [2.24, 2.45) is 5.92 Å². The van der Waals surface area contributed by atoms with E-state index in [0.29, 0.717) is 41.9 Å². The summed E-state index contributed by atoms with van der Waals surface area (Å²) in [5.41, 5.74) is 1.19. The number of carbonyl (C=O) groups excluding carboxylic acids is 1. The number of anilines is 1. The summed E-state index contributed by atoms with van der Waals surface area (Å²) in [6, 6.07) is 12.5. The number of nitrogens with one attached hydrogen (secondary N) is 2. The summed E-state index contributed by atoms with van der Waals surface area (Å²) < 4.78 is 12.0. The van der Waals surface area contributed by atoms with Crippen LogP contribution in [0.15, 0.2) is 59.6 Å². The Morgan fingerprint density at radius 3 is 2.72 bits per heavy atom. The molecule has 5 nitrogen and oxygen atoms in total. The number of thiocarbonyl (C=S) groups is 1. The average Bonchev–Trinajstić information content (AvgIpc) is 2.67. The zero-order valence-corrected chi connectivity index (χ0v) is 18.9. The van der Waals surface area contributed by atoms with Crippen molar-refractivity contribution in [3.63, 3.8) is 0 Å². The van der Waals surface area contributed by atoms with Crippen molar-refractivity contribution < 1.29 is 14.3 Å². The van der Waals surface area contributed by atoms with Gasteiger partial charge in [-0.25, -0.2) is 0 Å². The Morgan fingerprint density at radius 1 is 1.24 bits per heavy atom. The second-order valence-electron chi connectivity index (χ2n) is 6.71. The minimum absolute atomic E-state index is 0.198. The standard InChI is InChI=1S/C22H25BrN2O3S/c1-4-11-27-18-7-5-6-17(14-18)24-22(29)25-21(26)16-8-9-20(19(23)13-16)28-12-10-15(2)3/h4-9,13-15H,1,10-12H2,2-3H3,(H2,24,25,26,29). The van der Waals surface area contributed by atoms with Crippen molar-refractivity contribution in [1.82, 2.24) is 5.32 Å². The van der Waals surface area contributed by atoms with Gasteiger partial charge in [-0.05, 0) is 70.8 Å². The van der Waals surface area contributed by atoms with Crippen LogP contribution in [0.25, 0.3) is 0 Å². The van der Waals surface area contributed by atoms with E-state index in [2.05, 4.69) is 47.0 Å². The van der Waals surface area contributed by atoms with Crippen molar-refractivity contribution in [3.05, 3.63) is 65.2 Å². The summed E-state index contributed by atoms with van der Waals surface area (Å²) in [6.07, 6.45) is 2.64. The number of ether oxygens (including phenoxy) is 2. The molecular weight excluding hydrogens is 452 g/mol. The quantitative estimate of drug-likeness (QED) is 0.366. The molecule has 2 aromatic rings. The summed E-state index contributed by atoms with van der Waals surface area (Å²) >= 11 is 8.70. The predicted octanol–water partition coefficient (Wildman–Crippen LogP) is 5.57. The van der Waals surface area contributed by atoms with E-state index in [1.54, 1.807) is 30.3 Å². The maximum absolute atomic E-state index is 12.5. The van der Waals surface area contributed by atoms with E-state index in [-0.39, 0.29) is 11.0 Å². The van der Waals surface area contributed by atoms with Gasteiger partial charge in [0, 0.05) is 17.3 Å². The Labute approximate surface area is 185 Å². The Hall–Kier alpha value is -2.38. The zero-order valence-electron chi connectivity index (χ0n) is 16.5. The lowest BCUT2D eigenvalue weighted by Crippen LogP contribution is -2.34. The number of hydrogen-bond acceptors (Lipinski definition) is 4. The molecule has 0 aliphatic heterocycles. The number of benzene rings is 2. The number of hydrogen-bond donors (Lipinski definition) is 2. The van der Waals surface area contributed by atoms with E-state index in [9.17, 15) is 4.79 Å². The van der Waals surface area contributed by atoms with Gasteiger partial charge in [0.05, 0.1) is 11.1 Å². The molecule has 0 atom stereocenters. The number of halogens is 1. The molecule has 7 heteroatoms. The molecular formula is C22H25BrN2O3S. The second kappa shape index (κ2) is 11.6. The van der Waals surface area contributed by atoms with Crippen LogP contribution in [0.5, 0.6) is 11.5 Å². The highest BCUT2D eigenvalue weighted by Gasteiger charge is 2.11. The van der Waals surface area contributed by atoms with Gasteiger partial charge in [-0.3, -0.25) is 10.1 Å². The molecule has 0 aromatic heterocycles. The normalized spacial score (nSPS) is 10.3. The summed E-state index contributed by atoms with van der Waals surface area (Å²) in [7, 11) is 0. The fraction of sp³-hybridized carbons (Fsp3) is 0.273. The molecule has 0 fully saturated rings. The Kier molecular flexibility index (Phi) is 9.15. The Balaban J connectivity index is 1.93. The zero-order chi connectivity index (χ0) is 21.2. The van der Waals surface area contributed by atoms with Gasteiger partial charge in [-0.2, -0.15) is 0 Å². The number of rotatable bonds is 9. The van der Waals surface area contributed by atoms with Gasteiger partial charge in [-0.1, -0.05) is 32.6 Å². The lowest BCUT2D eigenvalue weighted by Gasteiger charge is -2.13. The third kappa shape index (κ3) is 7.87. The fourth-order valence-electron chi connectivity index (χ4n) is 2.32. The molecule has 2 N–H and O–H groups in total. The first-order valence-corrected chi connectivity index (χ1v) is 10.5. The molecule has 0 heterocycles. The van der Waals surface area contributed by atoms with E-state index in [1.165, 1.54) is 0 Å². The first-order chi connectivity index (χ1) is 13.9. The first-order valence-electron chi connectivity index (χ1n) is 9.27. The van der Waals surface area contributed by atoms with Crippen LogP contribution in [-0.2, 0) is 0 Å². The summed E-state index contributed by atoms with van der Waals surface area (Å²) in [5.74, 6) is 1.65. The maximum Gasteiger partial charge on any atom is 0.257 e. The van der Waals surface area contributed by atoms with E-state index < -0.39 is 0 Å². The molecule has 0 spiro atoms. The third-order valence-corrected chi connectivity index (χ3v) is 4.66. The van der Waals surface area contributed by atoms with Gasteiger partial charge in [0.1, 0.15) is 18.1 Å². The molecule has 1 amide bonds. The van der Waals surface area contributed by atoms with Crippen molar-refractivity contribution in [2.45, 2.75) is 20.3 Å². The summed E-state index contributed by atoms with van der Waals surface area (Å²) in [6.45, 7) is 8.96. The van der Waals surface area contributed by atoms with Crippen molar-refractivity contribution in [3.8, 4) is 11.5 Å². The topological polar surface area (TPSA) is 59.6 Å². The van der Waals surface area contributed by atoms with Crippen LogP contribution in [0.3, 0.4) is 0 Å².